The van der Waals surface area contributed by atoms with Gasteiger partial charge in [-0.2, -0.15) is 0 Å². The Hall–Kier alpha value is -2.82. The summed E-state index contributed by atoms with van der Waals surface area (Å²) in [6, 6.07) is 17.8. The maximum Gasteiger partial charge on any atom is 0.310 e. The molecule has 1 aliphatic carbocycles. The molecule has 2 aromatic rings. The molecule has 2 aromatic carbocycles. The van der Waals surface area contributed by atoms with E-state index in [2.05, 4.69) is 5.32 Å². The summed E-state index contributed by atoms with van der Waals surface area (Å²) in [6.45, 7) is 3.87. The van der Waals surface area contributed by atoms with E-state index in [9.17, 15) is 9.59 Å². The first-order valence-corrected chi connectivity index (χ1v) is 9.14. The largest absolute Gasteiger partial charge is 0.489 e. The quantitative estimate of drug-likeness (QED) is 0.747. The van der Waals surface area contributed by atoms with E-state index in [1.807, 2.05) is 54.6 Å². The second-order valence-corrected chi connectivity index (χ2v) is 7.70. The number of nitrogens with one attached hydrogen (secondary N) is 1. The second kappa shape index (κ2) is 7.82. The number of carboxylic acid groups (broad SMARTS) is 1. The highest BCUT2D eigenvalue weighted by molar-refractivity contribution is 5.84. The molecular formula is C22H25NO4. The van der Waals surface area contributed by atoms with Crippen molar-refractivity contribution in [2.45, 2.75) is 32.8 Å². The molecule has 1 amide bonds. The van der Waals surface area contributed by atoms with Gasteiger partial charge >= 0.3 is 5.97 Å². The van der Waals surface area contributed by atoms with E-state index in [1.54, 1.807) is 13.8 Å². The first-order valence-electron chi connectivity index (χ1n) is 9.14. The predicted octanol–water partition coefficient (Wildman–Crippen LogP) is 3.60. The van der Waals surface area contributed by atoms with Crippen molar-refractivity contribution in [1.29, 1.82) is 0 Å². The molecule has 2 atom stereocenters. The van der Waals surface area contributed by atoms with E-state index in [4.69, 9.17) is 9.84 Å². The van der Waals surface area contributed by atoms with Gasteiger partial charge in [-0.1, -0.05) is 42.5 Å². The number of aliphatic carboxylic acids is 1. The summed E-state index contributed by atoms with van der Waals surface area (Å²) in [4.78, 5) is 23.4. The zero-order valence-electron chi connectivity index (χ0n) is 15.6. The number of benzene rings is 2. The Morgan fingerprint density at radius 3 is 2.41 bits per heavy atom. The van der Waals surface area contributed by atoms with Crippen molar-refractivity contribution in [3.63, 3.8) is 0 Å². The van der Waals surface area contributed by atoms with Crippen molar-refractivity contribution < 1.29 is 19.4 Å². The van der Waals surface area contributed by atoms with Crippen molar-refractivity contribution in [3.05, 3.63) is 65.7 Å². The molecule has 0 aromatic heterocycles. The van der Waals surface area contributed by atoms with Gasteiger partial charge in [0, 0.05) is 12.5 Å². The van der Waals surface area contributed by atoms with Crippen LogP contribution in [-0.2, 0) is 16.2 Å². The van der Waals surface area contributed by atoms with Crippen LogP contribution in [0.15, 0.2) is 54.6 Å². The molecule has 5 nitrogen and oxygen atoms in total. The number of amides is 1. The average Bonchev–Trinajstić information content (AvgIpc) is 3.46. The number of hydrogen-bond donors (Lipinski definition) is 2. The molecule has 0 heterocycles. The van der Waals surface area contributed by atoms with Crippen LogP contribution in [0.2, 0.25) is 0 Å². The first kappa shape index (κ1) is 19.0. The average molecular weight is 367 g/mol. The fourth-order valence-corrected chi connectivity index (χ4v) is 2.92. The van der Waals surface area contributed by atoms with Gasteiger partial charge in [0.1, 0.15) is 12.4 Å². The normalized spacial score (nSPS) is 18.6. The first-order chi connectivity index (χ1) is 12.9. The molecule has 0 bridgehead atoms. The number of ether oxygens (including phenoxy) is 1. The predicted molar refractivity (Wildman–Crippen MR) is 102 cm³/mol. The number of rotatable bonds is 8. The van der Waals surface area contributed by atoms with E-state index < -0.39 is 11.4 Å². The van der Waals surface area contributed by atoms with E-state index in [-0.39, 0.29) is 24.3 Å². The highest BCUT2D eigenvalue weighted by atomic mass is 16.5. The molecule has 0 spiro atoms. The lowest BCUT2D eigenvalue weighted by atomic mass is 9.94. The van der Waals surface area contributed by atoms with E-state index in [0.717, 1.165) is 23.3 Å². The Bertz CT molecular complexity index is 799. The fourth-order valence-electron chi connectivity index (χ4n) is 2.92. The van der Waals surface area contributed by atoms with Crippen LogP contribution in [0, 0.1) is 11.3 Å². The molecule has 5 heteroatoms. The zero-order chi connectivity index (χ0) is 19.4. The Morgan fingerprint density at radius 2 is 1.78 bits per heavy atom. The minimum Gasteiger partial charge on any atom is -0.489 e. The van der Waals surface area contributed by atoms with Crippen LogP contribution in [-0.4, -0.2) is 23.5 Å². The topological polar surface area (TPSA) is 75.6 Å². The Kier molecular flexibility index (Phi) is 5.49. The second-order valence-electron chi connectivity index (χ2n) is 7.70. The minimum absolute atomic E-state index is 0.0706. The van der Waals surface area contributed by atoms with Gasteiger partial charge in [0.05, 0.1) is 5.41 Å². The van der Waals surface area contributed by atoms with Crippen LogP contribution >= 0.6 is 0 Å². The van der Waals surface area contributed by atoms with Crippen LogP contribution < -0.4 is 10.1 Å². The van der Waals surface area contributed by atoms with Crippen LogP contribution in [0.4, 0.5) is 0 Å². The molecule has 0 aliphatic heterocycles. The molecule has 27 heavy (non-hydrogen) atoms. The van der Waals surface area contributed by atoms with Gasteiger partial charge in [0.2, 0.25) is 5.91 Å². The van der Waals surface area contributed by atoms with E-state index in [1.165, 1.54) is 0 Å². The zero-order valence-corrected chi connectivity index (χ0v) is 15.6. The molecule has 2 N–H and O–H groups in total. The molecule has 142 valence electrons. The van der Waals surface area contributed by atoms with E-state index in [0.29, 0.717) is 6.61 Å². The lowest BCUT2D eigenvalue weighted by molar-refractivity contribution is -0.146. The van der Waals surface area contributed by atoms with Gasteiger partial charge < -0.3 is 15.2 Å². The molecule has 2 unspecified atom stereocenters. The molecule has 1 fully saturated rings. The smallest absolute Gasteiger partial charge is 0.310 e. The number of carbonyl (C=O) groups is 2. The minimum atomic E-state index is -0.961. The van der Waals surface area contributed by atoms with Gasteiger partial charge in [-0.3, -0.25) is 9.59 Å². The van der Waals surface area contributed by atoms with Crippen LogP contribution in [0.1, 0.15) is 37.3 Å². The molecule has 1 saturated carbocycles. The van der Waals surface area contributed by atoms with Gasteiger partial charge in [0.25, 0.3) is 0 Å². The van der Waals surface area contributed by atoms with Crippen molar-refractivity contribution in [1.82, 2.24) is 5.32 Å². The van der Waals surface area contributed by atoms with Crippen LogP contribution in [0.5, 0.6) is 5.75 Å². The lowest BCUT2D eigenvalue weighted by Crippen LogP contribution is -2.39. The number of carboxylic acids is 1. The summed E-state index contributed by atoms with van der Waals surface area (Å²) < 4.78 is 5.79. The summed E-state index contributed by atoms with van der Waals surface area (Å²) >= 11 is 0. The summed E-state index contributed by atoms with van der Waals surface area (Å²) in [5.41, 5.74) is 1.27. The van der Waals surface area contributed by atoms with Crippen molar-refractivity contribution in [2.24, 2.45) is 11.3 Å². The fraction of sp³-hybridized carbons (Fsp3) is 0.364. The summed E-state index contributed by atoms with van der Waals surface area (Å²) in [5.74, 6) is -0.0702. The molecule has 3 rings (SSSR count). The number of hydrogen-bond acceptors (Lipinski definition) is 3. The highest BCUT2D eigenvalue weighted by Crippen LogP contribution is 2.47. The standard InChI is InChI=1S/C22H25NO4/c1-22(2,21(25)26)14-23-20(24)19-12-18(19)16-8-10-17(11-9-16)27-13-15-6-4-3-5-7-15/h3-11,18-19H,12-14H2,1-2H3,(H,23,24)(H,25,26). The Morgan fingerprint density at radius 1 is 1.11 bits per heavy atom. The van der Waals surface area contributed by atoms with Crippen molar-refractivity contribution in [2.75, 3.05) is 6.54 Å². The third kappa shape index (κ3) is 4.88. The van der Waals surface area contributed by atoms with Gasteiger partial charge in [-0.05, 0) is 49.4 Å². The summed E-state index contributed by atoms with van der Waals surface area (Å²) in [6.07, 6.45) is 0.795. The van der Waals surface area contributed by atoms with Gasteiger partial charge in [-0.25, -0.2) is 0 Å². The van der Waals surface area contributed by atoms with Crippen molar-refractivity contribution in [3.8, 4) is 5.75 Å². The molecule has 1 aliphatic rings. The summed E-state index contributed by atoms with van der Waals surface area (Å²) in [5, 5.41) is 11.9. The third-order valence-corrected chi connectivity index (χ3v) is 4.97. The van der Waals surface area contributed by atoms with Crippen molar-refractivity contribution >= 4 is 11.9 Å². The van der Waals surface area contributed by atoms with Crippen LogP contribution in [0.25, 0.3) is 0 Å². The monoisotopic (exact) mass is 367 g/mol. The van der Waals surface area contributed by atoms with Crippen LogP contribution in [0.3, 0.4) is 0 Å². The highest BCUT2D eigenvalue weighted by Gasteiger charge is 2.44. The molecular weight excluding hydrogens is 342 g/mol. The third-order valence-electron chi connectivity index (χ3n) is 4.97. The summed E-state index contributed by atoms with van der Waals surface area (Å²) in [7, 11) is 0. The Balaban J connectivity index is 1.49. The Labute approximate surface area is 159 Å². The lowest BCUT2D eigenvalue weighted by Gasteiger charge is -2.19. The molecule has 0 radical (unpaired) electrons. The maximum atomic E-state index is 12.3. The SMILES string of the molecule is CC(C)(CNC(=O)C1CC1c1ccc(OCc2ccccc2)cc1)C(=O)O. The van der Waals surface area contributed by atoms with E-state index >= 15 is 0 Å². The van der Waals surface area contributed by atoms with Gasteiger partial charge in [-0.15, -0.1) is 0 Å². The molecule has 0 saturated heterocycles. The van der Waals surface area contributed by atoms with Gasteiger partial charge in [0.15, 0.2) is 0 Å². The number of carbonyl (C=O) groups excluding carboxylic acids is 1. The maximum absolute atomic E-state index is 12.3.